The van der Waals surface area contributed by atoms with Crippen LogP contribution in [0.15, 0.2) is 18.2 Å². The molecule has 1 aromatic rings. The van der Waals surface area contributed by atoms with Gasteiger partial charge in [-0.3, -0.25) is 0 Å². The Hall–Kier alpha value is -0.570. The highest BCUT2D eigenvalue weighted by Gasteiger charge is 2.03. The predicted molar refractivity (Wildman–Crippen MR) is 75.7 cm³/mol. The highest BCUT2D eigenvalue weighted by atomic mass is 35.5. The normalized spacial score (nSPS) is 11.1. The van der Waals surface area contributed by atoms with E-state index in [1.165, 1.54) is 17.5 Å². The Bertz CT molecular complexity index is 339. The molecule has 0 amide bonds. The van der Waals surface area contributed by atoms with Crippen LogP contribution in [0.4, 0.5) is 0 Å². The minimum Gasteiger partial charge on any atom is -0.315 e. The summed E-state index contributed by atoms with van der Waals surface area (Å²) in [6.45, 7) is 8.49. The Morgan fingerprint density at radius 1 is 1.29 bits per heavy atom. The standard InChI is InChI=1S/C14H23ClN2/c1-4-7-16-8-9-17(3)11-13-10-14(15)6-5-12(13)2/h5-6,10,16H,4,7-9,11H2,1-3H3. The zero-order valence-electron chi connectivity index (χ0n) is 11.1. The maximum Gasteiger partial charge on any atom is 0.0409 e. The molecule has 0 fully saturated rings. The van der Waals surface area contributed by atoms with Gasteiger partial charge in [-0.2, -0.15) is 0 Å². The van der Waals surface area contributed by atoms with Crippen LogP contribution in [0.3, 0.4) is 0 Å². The lowest BCUT2D eigenvalue weighted by atomic mass is 10.1. The topological polar surface area (TPSA) is 15.3 Å². The molecule has 1 N–H and O–H groups in total. The van der Waals surface area contributed by atoms with Crippen LogP contribution >= 0.6 is 11.6 Å². The van der Waals surface area contributed by atoms with Gasteiger partial charge in [-0.05, 0) is 50.2 Å². The second kappa shape index (κ2) is 7.70. The molecule has 0 spiro atoms. The lowest BCUT2D eigenvalue weighted by molar-refractivity contribution is 0.324. The van der Waals surface area contributed by atoms with E-state index in [4.69, 9.17) is 11.6 Å². The number of benzene rings is 1. The first-order chi connectivity index (χ1) is 8.13. The number of rotatable bonds is 7. The zero-order chi connectivity index (χ0) is 12.7. The monoisotopic (exact) mass is 254 g/mol. The van der Waals surface area contributed by atoms with E-state index in [9.17, 15) is 0 Å². The molecule has 0 heterocycles. The second-order valence-corrected chi connectivity index (χ2v) is 5.00. The maximum atomic E-state index is 6.01. The van der Waals surface area contributed by atoms with Crippen molar-refractivity contribution in [1.29, 1.82) is 0 Å². The van der Waals surface area contributed by atoms with Gasteiger partial charge in [0.2, 0.25) is 0 Å². The van der Waals surface area contributed by atoms with E-state index in [1.54, 1.807) is 0 Å². The quantitative estimate of drug-likeness (QED) is 0.753. The summed E-state index contributed by atoms with van der Waals surface area (Å²) in [4.78, 5) is 2.32. The Balaban J connectivity index is 2.39. The van der Waals surface area contributed by atoms with Crippen LogP contribution in [0.1, 0.15) is 24.5 Å². The molecule has 2 nitrogen and oxygen atoms in total. The minimum atomic E-state index is 0.822. The summed E-state index contributed by atoms with van der Waals surface area (Å²) in [5, 5.41) is 4.23. The SMILES string of the molecule is CCCNCCN(C)Cc1cc(Cl)ccc1C. The van der Waals surface area contributed by atoms with Crippen LogP contribution in [0.2, 0.25) is 5.02 Å². The first-order valence-electron chi connectivity index (χ1n) is 6.27. The van der Waals surface area contributed by atoms with Crippen molar-refractivity contribution in [3.63, 3.8) is 0 Å². The van der Waals surface area contributed by atoms with Gasteiger partial charge < -0.3 is 10.2 Å². The van der Waals surface area contributed by atoms with Crippen molar-refractivity contribution in [1.82, 2.24) is 10.2 Å². The first-order valence-corrected chi connectivity index (χ1v) is 6.65. The third kappa shape index (κ3) is 5.53. The lowest BCUT2D eigenvalue weighted by Gasteiger charge is -2.18. The third-order valence-corrected chi connectivity index (χ3v) is 3.08. The molecule has 1 rings (SSSR count). The average molecular weight is 255 g/mol. The molecule has 0 aliphatic heterocycles. The van der Waals surface area contributed by atoms with Gasteiger partial charge in [0.15, 0.2) is 0 Å². The number of hydrogen-bond donors (Lipinski definition) is 1. The maximum absolute atomic E-state index is 6.01. The zero-order valence-corrected chi connectivity index (χ0v) is 11.8. The molecule has 0 saturated carbocycles. The number of halogens is 1. The van der Waals surface area contributed by atoms with Gasteiger partial charge in [0.05, 0.1) is 0 Å². The largest absolute Gasteiger partial charge is 0.315 e. The van der Waals surface area contributed by atoms with Crippen LogP contribution in [0, 0.1) is 6.92 Å². The molecule has 1 aromatic carbocycles. The molecular formula is C14H23ClN2. The first kappa shape index (κ1) is 14.5. The van der Waals surface area contributed by atoms with Gasteiger partial charge in [0.25, 0.3) is 0 Å². The summed E-state index contributed by atoms with van der Waals surface area (Å²) in [5.41, 5.74) is 2.62. The van der Waals surface area contributed by atoms with Gasteiger partial charge in [0, 0.05) is 24.7 Å². The number of hydrogen-bond acceptors (Lipinski definition) is 2. The third-order valence-electron chi connectivity index (χ3n) is 2.85. The number of nitrogens with zero attached hydrogens (tertiary/aromatic N) is 1. The van der Waals surface area contributed by atoms with Crippen molar-refractivity contribution in [2.45, 2.75) is 26.8 Å². The van der Waals surface area contributed by atoms with Crippen molar-refractivity contribution >= 4 is 11.6 Å². The second-order valence-electron chi connectivity index (χ2n) is 4.56. The van der Waals surface area contributed by atoms with Crippen molar-refractivity contribution in [2.75, 3.05) is 26.7 Å². The molecule has 3 heteroatoms. The molecule has 0 bridgehead atoms. The molecule has 0 unspecified atom stereocenters. The fourth-order valence-electron chi connectivity index (χ4n) is 1.75. The van der Waals surface area contributed by atoms with Crippen molar-refractivity contribution < 1.29 is 0 Å². The summed E-state index contributed by atoms with van der Waals surface area (Å²) >= 11 is 6.01. The molecule has 0 aliphatic rings. The van der Waals surface area contributed by atoms with Crippen LogP contribution in [-0.2, 0) is 6.54 Å². The Morgan fingerprint density at radius 2 is 2.06 bits per heavy atom. The molecule has 0 atom stereocenters. The van der Waals surface area contributed by atoms with Gasteiger partial charge in [-0.1, -0.05) is 24.6 Å². The fourth-order valence-corrected chi connectivity index (χ4v) is 1.95. The van der Waals surface area contributed by atoms with E-state index in [2.05, 4.69) is 43.2 Å². The lowest BCUT2D eigenvalue weighted by Crippen LogP contribution is -2.29. The van der Waals surface area contributed by atoms with Gasteiger partial charge in [-0.25, -0.2) is 0 Å². The number of nitrogens with one attached hydrogen (secondary N) is 1. The molecule has 0 aliphatic carbocycles. The van der Waals surface area contributed by atoms with E-state index >= 15 is 0 Å². The van der Waals surface area contributed by atoms with Crippen molar-refractivity contribution in [2.24, 2.45) is 0 Å². The Kier molecular flexibility index (Phi) is 6.56. The number of likely N-dealkylation sites (N-methyl/N-ethyl adjacent to an activating group) is 1. The fraction of sp³-hybridized carbons (Fsp3) is 0.571. The molecule has 0 saturated heterocycles. The van der Waals surface area contributed by atoms with Crippen LogP contribution in [0.5, 0.6) is 0 Å². The van der Waals surface area contributed by atoms with Gasteiger partial charge in [0.1, 0.15) is 0 Å². The molecule has 17 heavy (non-hydrogen) atoms. The summed E-state index contributed by atoms with van der Waals surface area (Å²) in [7, 11) is 2.15. The average Bonchev–Trinajstić information content (AvgIpc) is 2.29. The molecule has 0 aromatic heterocycles. The van der Waals surface area contributed by atoms with E-state index in [0.29, 0.717) is 0 Å². The highest BCUT2D eigenvalue weighted by Crippen LogP contribution is 2.16. The summed E-state index contributed by atoms with van der Waals surface area (Å²) < 4.78 is 0. The highest BCUT2D eigenvalue weighted by molar-refractivity contribution is 6.30. The summed E-state index contributed by atoms with van der Waals surface area (Å²) in [6.07, 6.45) is 1.19. The summed E-state index contributed by atoms with van der Waals surface area (Å²) in [6, 6.07) is 6.09. The molecule has 96 valence electrons. The van der Waals surface area contributed by atoms with E-state index in [1.807, 2.05) is 6.07 Å². The predicted octanol–water partition coefficient (Wildman–Crippen LogP) is 3.08. The van der Waals surface area contributed by atoms with Crippen molar-refractivity contribution in [3.05, 3.63) is 34.3 Å². The van der Waals surface area contributed by atoms with E-state index < -0.39 is 0 Å². The molecule has 0 radical (unpaired) electrons. The van der Waals surface area contributed by atoms with Gasteiger partial charge in [-0.15, -0.1) is 0 Å². The number of aryl methyl sites for hydroxylation is 1. The Morgan fingerprint density at radius 3 is 2.76 bits per heavy atom. The molecular weight excluding hydrogens is 232 g/mol. The van der Waals surface area contributed by atoms with Crippen LogP contribution in [0.25, 0.3) is 0 Å². The van der Waals surface area contributed by atoms with Crippen molar-refractivity contribution in [3.8, 4) is 0 Å². The van der Waals surface area contributed by atoms with Crippen LogP contribution < -0.4 is 5.32 Å². The van der Waals surface area contributed by atoms with Crippen LogP contribution in [-0.4, -0.2) is 31.6 Å². The van der Waals surface area contributed by atoms with Gasteiger partial charge >= 0.3 is 0 Å². The Labute approximate surface area is 110 Å². The smallest absolute Gasteiger partial charge is 0.0409 e. The van der Waals surface area contributed by atoms with E-state index in [0.717, 1.165) is 31.2 Å². The minimum absolute atomic E-state index is 0.822. The summed E-state index contributed by atoms with van der Waals surface area (Å²) in [5.74, 6) is 0. The van der Waals surface area contributed by atoms with E-state index in [-0.39, 0.29) is 0 Å².